The molecule has 0 unspecified atom stereocenters. The van der Waals surface area contributed by atoms with E-state index in [1.807, 2.05) is 28.8 Å². The molecule has 17 heavy (non-hydrogen) atoms. The Bertz CT molecular complexity index is 695. The van der Waals surface area contributed by atoms with Gasteiger partial charge in [-0.15, -0.1) is 0 Å². The summed E-state index contributed by atoms with van der Waals surface area (Å²) in [5.74, 6) is 0. The van der Waals surface area contributed by atoms with Crippen molar-refractivity contribution in [2.24, 2.45) is 0 Å². The molecule has 2 aromatic heterocycles. The van der Waals surface area contributed by atoms with Gasteiger partial charge in [0.1, 0.15) is 18.2 Å². The first-order chi connectivity index (χ1) is 8.25. The standard InChI is InChI=1S/C11H6BrClN4/c12-7-2-1-3-8(4-7)17-6-16-11-9(17)10(13)14-5-15-11/h1-6H. The average molecular weight is 310 g/mol. The first-order valence-electron chi connectivity index (χ1n) is 4.85. The molecule has 0 aliphatic heterocycles. The maximum Gasteiger partial charge on any atom is 0.182 e. The molecule has 0 saturated carbocycles. The van der Waals surface area contributed by atoms with E-state index in [0.717, 1.165) is 10.2 Å². The molecule has 0 bridgehead atoms. The molecule has 2 heterocycles. The van der Waals surface area contributed by atoms with E-state index >= 15 is 0 Å². The lowest BCUT2D eigenvalue weighted by Crippen LogP contribution is -1.93. The largest absolute Gasteiger partial charge is 0.295 e. The van der Waals surface area contributed by atoms with E-state index in [0.29, 0.717) is 16.3 Å². The molecule has 3 aromatic rings. The highest BCUT2D eigenvalue weighted by molar-refractivity contribution is 9.10. The Morgan fingerprint density at radius 1 is 1.18 bits per heavy atom. The molecule has 0 atom stereocenters. The molecule has 3 rings (SSSR count). The lowest BCUT2D eigenvalue weighted by molar-refractivity contribution is 1.08. The number of imidazole rings is 1. The van der Waals surface area contributed by atoms with Gasteiger partial charge in [0.05, 0.1) is 0 Å². The van der Waals surface area contributed by atoms with E-state index < -0.39 is 0 Å². The smallest absolute Gasteiger partial charge is 0.182 e. The fourth-order valence-electron chi connectivity index (χ4n) is 1.64. The van der Waals surface area contributed by atoms with E-state index in [9.17, 15) is 0 Å². The Morgan fingerprint density at radius 2 is 2.06 bits per heavy atom. The minimum Gasteiger partial charge on any atom is -0.295 e. The molecule has 0 fully saturated rings. The van der Waals surface area contributed by atoms with Crippen LogP contribution in [0.2, 0.25) is 5.15 Å². The van der Waals surface area contributed by atoms with Gasteiger partial charge in [-0.2, -0.15) is 0 Å². The maximum atomic E-state index is 6.07. The van der Waals surface area contributed by atoms with E-state index in [1.54, 1.807) is 6.33 Å². The second kappa shape index (κ2) is 4.09. The predicted octanol–water partition coefficient (Wildman–Crippen LogP) is 3.23. The Kier molecular flexibility index (Phi) is 2.57. The minimum absolute atomic E-state index is 0.396. The van der Waals surface area contributed by atoms with Crippen LogP contribution in [0.5, 0.6) is 0 Å². The van der Waals surface area contributed by atoms with Crippen molar-refractivity contribution in [2.75, 3.05) is 0 Å². The van der Waals surface area contributed by atoms with Crippen LogP contribution in [0.1, 0.15) is 0 Å². The minimum atomic E-state index is 0.396. The third-order valence-corrected chi connectivity index (χ3v) is 3.15. The molecule has 1 aromatic carbocycles. The first kappa shape index (κ1) is 10.7. The van der Waals surface area contributed by atoms with Gasteiger partial charge in [-0.25, -0.2) is 15.0 Å². The van der Waals surface area contributed by atoms with Crippen molar-refractivity contribution in [1.82, 2.24) is 19.5 Å². The molecular weight excluding hydrogens is 304 g/mol. The quantitative estimate of drug-likeness (QED) is 0.648. The Hall–Kier alpha value is -1.46. The Balaban J connectivity index is 2.31. The number of rotatable bonds is 1. The molecule has 84 valence electrons. The normalized spacial score (nSPS) is 10.9. The summed E-state index contributed by atoms with van der Waals surface area (Å²) >= 11 is 9.50. The molecule has 0 aliphatic rings. The highest BCUT2D eigenvalue weighted by Crippen LogP contribution is 2.23. The fraction of sp³-hybridized carbons (Fsp3) is 0. The second-order valence-electron chi connectivity index (χ2n) is 3.43. The molecule has 0 N–H and O–H groups in total. The van der Waals surface area contributed by atoms with Gasteiger partial charge in [-0.3, -0.25) is 4.57 Å². The molecule has 0 spiro atoms. The Labute approximate surface area is 110 Å². The summed E-state index contributed by atoms with van der Waals surface area (Å²) in [4.78, 5) is 12.2. The predicted molar refractivity (Wildman–Crippen MR) is 69.4 cm³/mol. The number of hydrogen-bond donors (Lipinski definition) is 0. The monoisotopic (exact) mass is 308 g/mol. The van der Waals surface area contributed by atoms with Gasteiger partial charge in [-0.05, 0) is 18.2 Å². The molecule has 0 saturated heterocycles. The summed E-state index contributed by atoms with van der Waals surface area (Å²) in [6.07, 6.45) is 3.09. The van der Waals surface area contributed by atoms with Gasteiger partial charge in [0.2, 0.25) is 0 Å². The third-order valence-electron chi connectivity index (χ3n) is 2.38. The van der Waals surface area contributed by atoms with Crippen molar-refractivity contribution in [3.63, 3.8) is 0 Å². The van der Waals surface area contributed by atoms with Gasteiger partial charge in [0.25, 0.3) is 0 Å². The van der Waals surface area contributed by atoms with Crippen molar-refractivity contribution in [3.05, 3.63) is 46.5 Å². The summed E-state index contributed by atoms with van der Waals surface area (Å²) in [7, 11) is 0. The van der Waals surface area contributed by atoms with Crippen molar-refractivity contribution in [1.29, 1.82) is 0 Å². The zero-order valence-electron chi connectivity index (χ0n) is 8.51. The van der Waals surface area contributed by atoms with Crippen LogP contribution in [0.15, 0.2) is 41.4 Å². The number of fused-ring (bicyclic) bond motifs is 1. The maximum absolute atomic E-state index is 6.07. The number of aromatic nitrogens is 4. The zero-order chi connectivity index (χ0) is 11.8. The van der Waals surface area contributed by atoms with E-state index in [4.69, 9.17) is 11.6 Å². The molecule has 4 nitrogen and oxygen atoms in total. The third kappa shape index (κ3) is 1.81. The van der Waals surface area contributed by atoms with E-state index in [-0.39, 0.29) is 0 Å². The summed E-state index contributed by atoms with van der Waals surface area (Å²) in [6, 6.07) is 7.85. The van der Waals surface area contributed by atoms with Crippen molar-refractivity contribution in [3.8, 4) is 5.69 Å². The number of hydrogen-bond acceptors (Lipinski definition) is 3. The van der Waals surface area contributed by atoms with Crippen LogP contribution in [0, 0.1) is 0 Å². The van der Waals surface area contributed by atoms with Crippen molar-refractivity contribution >= 4 is 38.7 Å². The SMILES string of the molecule is Clc1ncnc2ncn(-c3cccc(Br)c3)c12. The van der Waals surface area contributed by atoms with E-state index in [1.165, 1.54) is 6.33 Å². The van der Waals surface area contributed by atoms with Crippen LogP contribution in [0.25, 0.3) is 16.9 Å². The molecular formula is C11H6BrClN4. The van der Waals surface area contributed by atoms with E-state index in [2.05, 4.69) is 30.9 Å². The van der Waals surface area contributed by atoms with Crippen molar-refractivity contribution < 1.29 is 0 Å². The van der Waals surface area contributed by atoms with Gasteiger partial charge < -0.3 is 0 Å². The highest BCUT2D eigenvalue weighted by Gasteiger charge is 2.10. The lowest BCUT2D eigenvalue weighted by atomic mass is 10.3. The van der Waals surface area contributed by atoms with Gasteiger partial charge in [0, 0.05) is 10.2 Å². The summed E-state index contributed by atoms with van der Waals surface area (Å²) in [5.41, 5.74) is 2.26. The van der Waals surface area contributed by atoms with Crippen LogP contribution in [0.4, 0.5) is 0 Å². The lowest BCUT2D eigenvalue weighted by Gasteiger charge is -2.04. The number of nitrogens with zero attached hydrogens (tertiary/aromatic N) is 4. The second-order valence-corrected chi connectivity index (χ2v) is 4.70. The highest BCUT2D eigenvalue weighted by atomic mass is 79.9. The van der Waals surface area contributed by atoms with Crippen LogP contribution in [-0.4, -0.2) is 19.5 Å². The zero-order valence-corrected chi connectivity index (χ0v) is 10.9. The molecule has 0 amide bonds. The number of halogens is 2. The fourth-order valence-corrected chi connectivity index (χ4v) is 2.25. The summed E-state index contributed by atoms with van der Waals surface area (Å²) in [6.45, 7) is 0. The molecule has 0 aliphatic carbocycles. The van der Waals surface area contributed by atoms with Gasteiger partial charge in [-0.1, -0.05) is 33.6 Å². The average Bonchev–Trinajstić information content (AvgIpc) is 2.74. The van der Waals surface area contributed by atoms with Crippen LogP contribution in [0.3, 0.4) is 0 Å². The summed E-state index contributed by atoms with van der Waals surface area (Å²) in [5, 5.41) is 0.396. The van der Waals surface area contributed by atoms with Crippen LogP contribution < -0.4 is 0 Å². The first-order valence-corrected chi connectivity index (χ1v) is 6.02. The van der Waals surface area contributed by atoms with Gasteiger partial charge in [0.15, 0.2) is 10.8 Å². The van der Waals surface area contributed by atoms with Crippen molar-refractivity contribution in [2.45, 2.75) is 0 Å². The van der Waals surface area contributed by atoms with Gasteiger partial charge >= 0.3 is 0 Å². The topological polar surface area (TPSA) is 43.6 Å². The molecule has 0 radical (unpaired) electrons. The van der Waals surface area contributed by atoms with Crippen LogP contribution >= 0.6 is 27.5 Å². The molecule has 6 heteroatoms. The Morgan fingerprint density at radius 3 is 2.88 bits per heavy atom. The van der Waals surface area contributed by atoms with Crippen LogP contribution in [-0.2, 0) is 0 Å². The summed E-state index contributed by atoms with van der Waals surface area (Å²) < 4.78 is 2.85. The number of benzene rings is 1.